The van der Waals surface area contributed by atoms with Crippen molar-refractivity contribution < 1.29 is 4.79 Å². The Kier molecular flexibility index (Phi) is 5.08. The van der Waals surface area contributed by atoms with Gasteiger partial charge in [0.05, 0.1) is 58.0 Å². The van der Waals surface area contributed by atoms with Gasteiger partial charge in [0.2, 0.25) is 0 Å². The number of carbonyl (C=O) groups excluding carboxylic acids is 1. The van der Waals surface area contributed by atoms with E-state index in [2.05, 4.69) is 30.6 Å². The Morgan fingerprint density at radius 3 is 2.66 bits per heavy atom. The minimum atomic E-state index is -0.297. The molecule has 9 nitrogen and oxygen atoms in total. The van der Waals surface area contributed by atoms with Crippen LogP contribution in [0.4, 0.5) is 5.69 Å². The van der Waals surface area contributed by atoms with Gasteiger partial charge in [-0.05, 0) is 36.8 Å². The van der Waals surface area contributed by atoms with Gasteiger partial charge in [0.15, 0.2) is 5.82 Å². The number of anilines is 1. The van der Waals surface area contributed by atoms with E-state index >= 15 is 0 Å². The van der Waals surface area contributed by atoms with Gasteiger partial charge in [0.1, 0.15) is 0 Å². The fourth-order valence-electron chi connectivity index (χ4n) is 3.55. The Balaban J connectivity index is 1.46. The first-order chi connectivity index (χ1) is 15.7. The van der Waals surface area contributed by atoms with Gasteiger partial charge in [0, 0.05) is 11.6 Å². The Morgan fingerprint density at radius 1 is 1.03 bits per heavy atom. The highest BCUT2D eigenvalue weighted by Crippen LogP contribution is 2.25. The van der Waals surface area contributed by atoms with Gasteiger partial charge in [-0.3, -0.25) is 9.78 Å². The van der Waals surface area contributed by atoms with Crippen LogP contribution in [0.5, 0.6) is 0 Å². The summed E-state index contributed by atoms with van der Waals surface area (Å²) in [4.78, 5) is 23.0. The van der Waals surface area contributed by atoms with Crippen molar-refractivity contribution in [1.82, 2.24) is 34.7 Å². The van der Waals surface area contributed by atoms with E-state index in [0.717, 1.165) is 22.3 Å². The summed E-state index contributed by atoms with van der Waals surface area (Å²) in [6, 6.07) is 11.3. The van der Waals surface area contributed by atoms with Crippen molar-refractivity contribution in [2.45, 2.75) is 13.3 Å². The van der Waals surface area contributed by atoms with E-state index in [4.69, 9.17) is 11.6 Å². The first-order valence-corrected chi connectivity index (χ1v) is 10.3. The van der Waals surface area contributed by atoms with Crippen molar-refractivity contribution in [3.05, 3.63) is 83.7 Å². The van der Waals surface area contributed by atoms with Gasteiger partial charge in [-0.2, -0.15) is 15.3 Å². The molecule has 0 radical (unpaired) electrons. The molecule has 0 atom stereocenters. The number of halogens is 1. The van der Waals surface area contributed by atoms with Crippen molar-refractivity contribution in [2.75, 3.05) is 5.32 Å². The van der Waals surface area contributed by atoms with Crippen LogP contribution in [0.1, 0.15) is 23.0 Å². The average molecular weight is 445 g/mol. The number of aromatic nitrogens is 7. The van der Waals surface area contributed by atoms with E-state index in [1.807, 2.05) is 37.3 Å². The molecule has 4 heterocycles. The second-order valence-corrected chi connectivity index (χ2v) is 7.33. The quantitative estimate of drug-likeness (QED) is 0.441. The molecule has 0 saturated heterocycles. The number of carbonyl (C=O) groups is 1. The van der Waals surface area contributed by atoms with E-state index in [9.17, 15) is 4.79 Å². The number of hydrogen-bond donors (Lipinski definition) is 1. The fourth-order valence-corrected chi connectivity index (χ4v) is 3.79. The zero-order chi connectivity index (χ0) is 22.1. The summed E-state index contributed by atoms with van der Waals surface area (Å²) >= 11 is 6.31. The van der Waals surface area contributed by atoms with Crippen molar-refractivity contribution in [2.24, 2.45) is 0 Å². The first kappa shape index (κ1) is 19.8. The standard InChI is InChI=1S/C22H17ClN8O/c1-2-19-16(13-28-30(19)20-7-3-6-18-15(20)5-4-8-24-18)22(32)29-14-11-17(23)21(25-12-14)31-26-9-10-27-31/h3-13H,2H2,1H3,(H,29,32). The van der Waals surface area contributed by atoms with Crippen LogP contribution in [0.2, 0.25) is 5.02 Å². The topological polar surface area (TPSA) is 103 Å². The highest BCUT2D eigenvalue weighted by atomic mass is 35.5. The fraction of sp³-hybridized carbons (Fsp3) is 0.0909. The zero-order valence-corrected chi connectivity index (χ0v) is 17.7. The Hall–Kier alpha value is -4.11. The molecule has 5 rings (SSSR count). The molecule has 1 aromatic carbocycles. The Labute approximate surface area is 187 Å². The molecule has 0 aliphatic heterocycles. The number of amides is 1. The van der Waals surface area contributed by atoms with Crippen LogP contribution in [0, 0.1) is 0 Å². The maximum atomic E-state index is 13.0. The van der Waals surface area contributed by atoms with Crippen molar-refractivity contribution >= 4 is 34.1 Å². The molecule has 32 heavy (non-hydrogen) atoms. The molecule has 0 spiro atoms. The van der Waals surface area contributed by atoms with Crippen molar-refractivity contribution in [3.8, 4) is 11.5 Å². The van der Waals surface area contributed by atoms with E-state index in [0.29, 0.717) is 28.5 Å². The van der Waals surface area contributed by atoms with Gasteiger partial charge in [-0.25, -0.2) is 9.67 Å². The lowest BCUT2D eigenvalue weighted by atomic mass is 10.1. The van der Waals surface area contributed by atoms with E-state index in [-0.39, 0.29) is 5.91 Å². The second kappa shape index (κ2) is 8.20. The van der Waals surface area contributed by atoms with E-state index in [1.165, 1.54) is 23.4 Å². The largest absolute Gasteiger partial charge is 0.320 e. The number of hydrogen-bond acceptors (Lipinski definition) is 6. The third kappa shape index (κ3) is 3.48. The molecule has 0 aliphatic carbocycles. The first-order valence-electron chi connectivity index (χ1n) is 9.90. The lowest BCUT2D eigenvalue weighted by Crippen LogP contribution is -2.15. The van der Waals surface area contributed by atoms with Crippen LogP contribution < -0.4 is 5.32 Å². The summed E-state index contributed by atoms with van der Waals surface area (Å²) in [7, 11) is 0. The average Bonchev–Trinajstić information content (AvgIpc) is 3.49. The Bertz CT molecular complexity index is 1420. The van der Waals surface area contributed by atoms with Crippen LogP contribution in [0.3, 0.4) is 0 Å². The molecule has 0 aliphatic rings. The maximum Gasteiger partial charge on any atom is 0.259 e. The molecule has 1 amide bonds. The van der Waals surface area contributed by atoms with Gasteiger partial charge < -0.3 is 5.32 Å². The predicted octanol–water partition coefficient (Wildman–Crippen LogP) is 3.86. The molecule has 5 aromatic rings. The number of nitrogens with zero attached hydrogens (tertiary/aromatic N) is 7. The molecular formula is C22H17ClN8O. The smallest absolute Gasteiger partial charge is 0.259 e. The van der Waals surface area contributed by atoms with Crippen molar-refractivity contribution in [1.29, 1.82) is 0 Å². The summed E-state index contributed by atoms with van der Waals surface area (Å²) in [5, 5.41) is 16.7. The third-order valence-electron chi connectivity index (χ3n) is 4.99. The SMILES string of the molecule is CCc1c(C(=O)Nc2cnc(-n3nccn3)c(Cl)c2)cnn1-c1cccc2ncccc12. The molecular weight excluding hydrogens is 428 g/mol. The second-order valence-electron chi connectivity index (χ2n) is 6.92. The minimum Gasteiger partial charge on any atom is -0.320 e. The third-order valence-corrected chi connectivity index (χ3v) is 5.27. The number of rotatable bonds is 5. The summed E-state index contributed by atoms with van der Waals surface area (Å²) in [5.74, 6) is 0.0793. The molecule has 0 saturated carbocycles. The Morgan fingerprint density at radius 2 is 1.88 bits per heavy atom. The molecule has 0 unspecified atom stereocenters. The predicted molar refractivity (Wildman–Crippen MR) is 120 cm³/mol. The highest BCUT2D eigenvalue weighted by molar-refractivity contribution is 6.32. The van der Waals surface area contributed by atoms with Crippen LogP contribution in [0.25, 0.3) is 22.4 Å². The van der Waals surface area contributed by atoms with Gasteiger partial charge in [-0.15, -0.1) is 4.80 Å². The molecule has 0 bridgehead atoms. The van der Waals surface area contributed by atoms with Crippen LogP contribution in [-0.4, -0.2) is 40.6 Å². The van der Waals surface area contributed by atoms with Gasteiger partial charge >= 0.3 is 0 Å². The van der Waals surface area contributed by atoms with Crippen LogP contribution in [0.15, 0.2) is 67.4 Å². The molecule has 0 fully saturated rings. The lowest BCUT2D eigenvalue weighted by molar-refractivity contribution is 0.102. The van der Waals surface area contributed by atoms with Crippen LogP contribution in [-0.2, 0) is 6.42 Å². The molecule has 1 N–H and O–H groups in total. The molecule has 158 valence electrons. The van der Waals surface area contributed by atoms with Gasteiger partial charge in [0.25, 0.3) is 5.91 Å². The number of benzene rings is 1. The summed E-state index contributed by atoms with van der Waals surface area (Å²) < 4.78 is 1.79. The van der Waals surface area contributed by atoms with Gasteiger partial charge in [-0.1, -0.05) is 24.6 Å². The summed E-state index contributed by atoms with van der Waals surface area (Å²) in [5.41, 5.74) is 3.45. The van der Waals surface area contributed by atoms with E-state index < -0.39 is 0 Å². The zero-order valence-electron chi connectivity index (χ0n) is 17.0. The number of nitrogens with one attached hydrogen (secondary N) is 1. The van der Waals surface area contributed by atoms with E-state index in [1.54, 1.807) is 23.1 Å². The highest BCUT2D eigenvalue weighted by Gasteiger charge is 2.19. The molecule has 4 aromatic heterocycles. The number of fused-ring (bicyclic) bond motifs is 1. The monoisotopic (exact) mass is 444 g/mol. The van der Waals surface area contributed by atoms with Crippen molar-refractivity contribution in [3.63, 3.8) is 0 Å². The minimum absolute atomic E-state index is 0.297. The van der Waals surface area contributed by atoms with Crippen LogP contribution >= 0.6 is 11.6 Å². The lowest BCUT2D eigenvalue weighted by Gasteiger charge is -2.11. The normalized spacial score (nSPS) is 11.1. The maximum absolute atomic E-state index is 13.0. The summed E-state index contributed by atoms with van der Waals surface area (Å²) in [6.45, 7) is 1.98. The summed E-state index contributed by atoms with van der Waals surface area (Å²) in [6.07, 6.45) is 8.51. The number of pyridine rings is 2. The molecule has 10 heteroatoms.